The molecule has 26 heavy (non-hydrogen) atoms. The molecule has 0 saturated heterocycles. The highest BCUT2D eigenvalue weighted by Gasteiger charge is 2.13. The summed E-state index contributed by atoms with van der Waals surface area (Å²) < 4.78 is 0. The fourth-order valence-corrected chi connectivity index (χ4v) is 2.87. The highest BCUT2D eigenvalue weighted by Crippen LogP contribution is 2.17. The first kappa shape index (κ1) is 18.4. The van der Waals surface area contributed by atoms with Crippen molar-refractivity contribution in [1.82, 2.24) is 15.3 Å². The summed E-state index contributed by atoms with van der Waals surface area (Å²) in [4.78, 5) is 20.0. The number of aliphatic hydroxyl groups is 1. The first-order valence-electron chi connectivity index (χ1n) is 8.54. The lowest BCUT2D eigenvalue weighted by Crippen LogP contribution is -2.23. The van der Waals surface area contributed by atoms with Crippen LogP contribution >= 0.6 is 11.6 Å². The van der Waals surface area contributed by atoms with Crippen LogP contribution in [0.5, 0.6) is 0 Å². The fourth-order valence-electron chi connectivity index (χ4n) is 2.70. The third-order valence-corrected chi connectivity index (χ3v) is 4.36. The number of imidazole rings is 1. The van der Waals surface area contributed by atoms with Crippen LogP contribution in [0.3, 0.4) is 0 Å². The third kappa shape index (κ3) is 4.84. The average molecular weight is 372 g/mol. The van der Waals surface area contributed by atoms with Gasteiger partial charge in [0.15, 0.2) is 0 Å². The molecule has 0 aliphatic carbocycles. The Balaban J connectivity index is 1.63. The van der Waals surface area contributed by atoms with Crippen molar-refractivity contribution in [3.8, 4) is 0 Å². The molecule has 0 radical (unpaired) electrons. The smallest absolute Gasteiger partial charge is 0.251 e. The number of amides is 1. The van der Waals surface area contributed by atoms with Crippen molar-refractivity contribution in [2.24, 2.45) is 0 Å². The number of aryl methyl sites for hydroxylation is 1. The quantitative estimate of drug-likeness (QED) is 0.615. The van der Waals surface area contributed by atoms with Crippen LogP contribution in [-0.2, 0) is 13.0 Å². The van der Waals surface area contributed by atoms with Crippen LogP contribution in [0.25, 0.3) is 11.0 Å². The number of aromatic amines is 1. The molecule has 1 heterocycles. The summed E-state index contributed by atoms with van der Waals surface area (Å²) in [5.74, 6) is 0.516. The van der Waals surface area contributed by atoms with Crippen LogP contribution < -0.4 is 5.32 Å². The molecular formula is C20H22ClN3O2. The number of aromatic nitrogens is 2. The van der Waals surface area contributed by atoms with Crippen molar-refractivity contribution < 1.29 is 9.90 Å². The maximum absolute atomic E-state index is 12.4. The van der Waals surface area contributed by atoms with Crippen molar-refractivity contribution in [3.63, 3.8) is 0 Å². The zero-order valence-corrected chi connectivity index (χ0v) is 15.6. The second-order valence-electron chi connectivity index (χ2n) is 7.04. The van der Waals surface area contributed by atoms with Gasteiger partial charge in [-0.3, -0.25) is 4.79 Å². The van der Waals surface area contributed by atoms with Gasteiger partial charge in [-0.1, -0.05) is 23.7 Å². The highest BCUT2D eigenvalue weighted by molar-refractivity contribution is 6.31. The molecule has 0 atom stereocenters. The van der Waals surface area contributed by atoms with E-state index in [-0.39, 0.29) is 5.91 Å². The van der Waals surface area contributed by atoms with E-state index >= 15 is 0 Å². The number of halogens is 1. The molecule has 0 fully saturated rings. The summed E-state index contributed by atoms with van der Waals surface area (Å²) in [6.07, 6.45) is 1.36. The summed E-state index contributed by atoms with van der Waals surface area (Å²) in [6, 6.07) is 12.9. The molecule has 0 aliphatic rings. The zero-order valence-electron chi connectivity index (χ0n) is 14.8. The largest absolute Gasteiger partial charge is 0.390 e. The summed E-state index contributed by atoms with van der Waals surface area (Å²) in [7, 11) is 0. The molecule has 0 saturated carbocycles. The van der Waals surface area contributed by atoms with Crippen LogP contribution in [-0.4, -0.2) is 26.6 Å². The minimum atomic E-state index is -0.720. The van der Waals surface area contributed by atoms with Crippen molar-refractivity contribution in [2.45, 2.75) is 38.8 Å². The minimum Gasteiger partial charge on any atom is -0.390 e. The van der Waals surface area contributed by atoms with Crippen LogP contribution in [0, 0.1) is 0 Å². The minimum absolute atomic E-state index is 0.159. The molecule has 3 N–H and O–H groups in total. The molecule has 5 nitrogen and oxygen atoms in total. The second-order valence-corrected chi connectivity index (χ2v) is 7.48. The van der Waals surface area contributed by atoms with E-state index in [9.17, 15) is 9.90 Å². The van der Waals surface area contributed by atoms with Gasteiger partial charge in [-0.25, -0.2) is 4.98 Å². The van der Waals surface area contributed by atoms with E-state index in [1.165, 1.54) is 0 Å². The molecule has 0 aliphatic heterocycles. The SMILES string of the molecule is CC(C)(O)CCc1cccc(C(=O)NCc2nc3ccc(Cl)cc3[nH]2)c1. The summed E-state index contributed by atoms with van der Waals surface area (Å²) >= 11 is 5.97. The van der Waals surface area contributed by atoms with Gasteiger partial charge in [0.1, 0.15) is 5.82 Å². The first-order chi connectivity index (χ1) is 12.3. The van der Waals surface area contributed by atoms with E-state index in [4.69, 9.17) is 11.6 Å². The van der Waals surface area contributed by atoms with Crippen LogP contribution in [0.1, 0.15) is 42.0 Å². The van der Waals surface area contributed by atoms with Gasteiger partial charge >= 0.3 is 0 Å². The van der Waals surface area contributed by atoms with Gasteiger partial charge < -0.3 is 15.4 Å². The molecule has 1 aromatic heterocycles. The first-order valence-corrected chi connectivity index (χ1v) is 8.92. The molecule has 0 bridgehead atoms. The van der Waals surface area contributed by atoms with E-state index in [1.807, 2.05) is 24.3 Å². The summed E-state index contributed by atoms with van der Waals surface area (Å²) in [6.45, 7) is 3.87. The van der Waals surface area contributed by atoms with E-state index < -0.39 is 5.60 Å². The number of carbonyl (C=O) groups excluding carboxylic acids is 1. The number of hydrogen-bond donors (Lipinski definition) is 3. The Bertz CT molecular complexity index is 928. The summed E-state index contributed by atoms with van der Waals surface area (Å²) in [5.41, 5.74) is 2.56. The maximum Gasteiger partial charge on any atom is 0.251 e. The number of fused-ring (bicyclic) bond motifs is 1. The number of rotatable bonds is 6. The average Bonchev–Trinajstić information content (AvgIpc) is 2.99. The number of carbonyl (C=O) groups is 1. The molecule has 136 valence electrons. The molecule has 2 aromatic carbocycles. The Morgan fingerprint density at radius 2 is 2.08 bits per heavy atom. The summed E-state index contributed by atoms with van der Waals surface area (Å²) in [5, 5.41) is 13.4. The topological polar surface area (TPSA) is 78.0 Å². The van der Waals surface area contributed by atoms with Crippen LogP contribution in [0.15, 0.2) is 42.5 Å². The Labute approximate surface area is 157 Å². The molecule has 1 amide bonds. The fraction of sp³-hybridized carbons (Fsp3) is 0.300. The third-order valence-electron chi connectivity index (χ3n) is 4.12. The zero-order chi connectivity index (χ0) is 18.7. The Morgan fingerprint density at radius 3 is 2.85 bits per heavy atom. The van der Waals surface area contributed by atoms with Gasteiger partial charge in [0.05, 0.1) is 23.2 Å². The van der Waals surface area contributed by atoms with Gasteiger partial charge in [-0.05, 0) is 62.6 Å². The maximum atomic E-state index is 12.4. The van der Waals surface area contributed by atoms with E-state index in [2.05, 4.69) is 15.3 Å². The molecule has 3 aromatic rings. The van der Waals surface area contributed by atoms with Crippen LogP contribution in [0.4, 0.5) is 0 Å². The molecule has 0 spiro atoms. The number of hydrogen-bond acceptors (Lipinski definition) is 3. The highest BCUT2D eigenvalue weighted by atomic mass is 35.5. The number of nitrogens with zero attached hydrogens (tertiary/aromatic N) is 1. The lowest BCUT2D eigenvalue weighted by molar-refractivity contribution is 0.0714. The molecule has 0 unspecified atom stereocenters. The van der Waals surface area contributed by atoms with E-state index in [1.54, 1.807) is 32.0 Å². The molecular weight excluding hydrogens is 350 g/mol. The van der Waals surface area contributed by atoms with Gasteiger partial charge in [-0.2, -0.15) is 0 Å². The van der Waals surface area contributed by atoms with Crippen molar-refractivity contribution in [1.29, 1.82) is 0 Å². The predicted molar refractivity (Wildman–Crippen MR) is 103 cm³/mol. The monoisotopic (exact) mass is 371 g/mol. The van der Waals surface area contributed by atoms with Gasteiger partial charge in [0.2, 0.25) is 0 Å². The Hall–Kier alpha value is -2.37. The van der Waals surface area contributed by atoms with Crippen LogP contribution in [0.2, 0.25) is 5.02 Å². The second kappa shape index (κ2) is 7.48. The van der Waals surface area contributed by atoms with Gasteiger partial charge in [0, 0.05) is 10.6 Å². The Morgan fingerprint density at radius 1 is 1.27 bits per heavy atom. The lowest BCUT2D eigenvalue weighted by atomic mass is 9.98. The lowest BCUT2D eigenvalue weighted by Gasteiger charge is -2.16. The normalized spacial score (nSPS) is 11.7. The number of nitrogens with one attached hydrogen (secondary N) is 2. The molecule has 3 rings (SSSR count). The standard InChI is InChI=1S/C20H22ClN3O2/c1-20(2,26)9-8-13-4-3-5-14(10-13)19(25)22-12-18-23-16-7-6-15(21)11-17(16)24-18/h3-7,10-11,26H,8-9,12H2,1-2H3,(H,22,25)(H,23,24). The molecule has 6 heteroatoms. The van der Waals surface area contributed by atoms with E-state index in [0.29, 0.717) is 29.4 Å². The predicted octanol–water partition coefficient (Wildman–Crippen LogP) is 3.85. The van der Waals surface area contributed by atoms with Gasteiger partial charge in [0.25, 0.3) is 5.91 Å². The number of benzene rings is 2. The van der Waals surface area contributed by atoms with Gasteiger partial charge in [-0.15, -0.1) is 0 Å². The van der Waals surface area contributed by atoms with Crippen molar-refractivity contribution >= 4 is 28.5 Å². The van der Waals surface area contributed by atoms with E-state index in [0.717, 1.165) is 23.0 Å². The number of H-pyrrole nitrogens is 1. The Kier molecular flexibility index (Phi) is 5.30. The van der Waals surface area contributed by atoms with Crippen molar-refractivity contribution in [2.75, 3.05) is 0 Å². The van der Waals surface area contributed by atoms with Crippen molar-refractivity contribution in [3.05, 3.63) is 64.4 Å².